The molecule has 0 fully saturated rings. The third kappa shape index (κ3) is 1.79. The van der Waals surface area contributed by atoms with Crippen molar-refractivity contribution in [3.05, 3.63) is 83.9 Å². The Labute approximate surface area is 118 Å². The highest BCUT2D eigenvalue weighted by atomic mass is 16.5. The van der Waals surface area contributed by atoms with Gasteiger partial charge in [0, 0.05) is 5.56 Å². The molecule has 0 aromatic heterocycles. The van der Waals surface area contributed by atoms with Crippen molar-refractivity contribution < 1.29 is 4.74 Å². The Hall–Kier alpha value is -2.54. The van der Waals surface area contributed by atoms with Gasteiger partial charge in [0.15, 0.2) is 0 Å². The molecule has 0 spiro atoms. The summed E-state index contributed by atoms with van der Waals surface area (Å²) in [4.78, 5) is 0. The van der Waals surface area contributed by atoms with Crippen LogP contribution in [0.15, 0.2) is 72.8 Å². The van der Waals surface area contributed by atoms with Crippen LogP contribution in [0.25, 0.3) is 16.8 Å². The number of rotatable bonds is 2. The van der Waals surface area contributed by atoms with Crippen molar-refractivity contribution in [3.63, 3.8) is 0 Å². The quantitative estimate of drug-likeness (QED) is 0.629. The van der Waals surface area contributed by atoms with Crippen molar-refractivity contribution in [3.8, 4) is 5.75 Å². The third-order valence-electron chi connectivity index (χ3n) is 3.73. The molecule has 0 amide bonds. The minimum absolute atomic E-state index is 0.0176. The summed E-state index contributed by atoms with van der Waals surface area (Å²) in [5, 5.41) is 2.57. The molecule has 1 aliphatic rings. The van der Waals surface area contributed by atoms with Crippen molar-refractivity contribution in [2.45, 2.75) is 6.10 Å². The third-order valence-corrected chi connectivity index (χ3v) is 3.73. The molecule has 3 aromatic rings. The molecular weight excluding hydrogens is 244 g/mol. The molecule has 0 radical (unpaired) electrons. The zero-order valence-electron chi connectivity index (χ0n) is 11.0. The van der Waals surface area contributed by atoms with E-state index in [1.54, 1.807) is 0 Å². The Balaban J connectivity index is 1.82. The van der Waals surface area contributed by atoms with E-state index in [4.69, 9.17) is 4.74 Å². The van der Waals surface area contributed by atoms with Crippen LogP contribution in [-0.4, -0.2) is 0 Å². The van der Waals surface area contributed by atoms with Gasteiger partial charge in [-0.1, -0.05) is 60.7 Å². The van der Waals surface area contributed by atoms with Crippen molar-refractivity contribution in [2.24, 2.45) is 0 Å². The summed E-state index contributed by atoms with van der Waals surface area (Å²) < 4.78 is 6.12. The highest BCUT2D eigenvalue weighted by Gasteiger charge is 2.18. The van der Waals surface area contributed by atoms with Crippen LogP contribution in [0.1, 0.15) is 17.2 Å². The molecular formula is C19H14O. The minimum atomic E-state index is -0.0176. The lowest BCUT2D eigenvalue weighted by atomic mass is 9.91. The van der Waals surface area contributed by atoms with E-state index >= 15 is 0 Å². The van der Waals surface area contributed by atoms with Gasteiger partial charge in [-0.3, -0.25) is 0 Å². The number of para-hydroxylation sites is 1. The normalized spacial score (nSPS) is 16.3. The van der Waals surface area contributed by atoms with Crippen molar-refractivity contribution in [1.29, 1.82) is 0 Å². The predicted molar refractivity (Wildman–Crippen MR) is 82.8 cm³/mol. The topological polar surface area (TPSA) is 9.23 Å². The van der Waals surface area contributed by atoms with Gasteiger partial charge in [-0.05, 0) is 34.5 Å². The average Bonchev–Trinajstić information content (AvgIpc) is 2.51. The van der Waals surface area contributed by atoms with E-state index < -0.39 is 0 Å². The number of hydrogen-bond donors (Lipinski definition) is 0. The molecule has 1 nitrogen and oxygen atoms in total. The highest BCUT2D eigenvalue weighted by Crippen LogP contribution is 2.35. The molecule has 1 unspecified atom stereocenters. The first-order valence-corrected chi connectivity index (χ1v) is 6.83. The maximum absolute atomic E-state index is 6.12. The van der Waals surface area contributed by atoms with Crippen molar-refractivity contribution >= 4 is 16.8 Å². The maximum atomic E-state index is 6.12. The largest absolute Gasteiger partial charge is 0.482 e. The van der Waals surface area contributed by atoms with Crippen LogP contribution in [0.5, 0.6) is 5.75 Å². The first-order valence-electron chi connectivity index (χ1n) is 6.83. The first-order chi connectivity index (χ1) is 9.92. The van der Waals surface area contributed by atoms with Gasteiger partial charge in [0.1, 0.15) is 11.9 Å². The predicted octanol–water partition coefficient (Wildman–Crippen LogP) is 4.99. The summed E-state index contributed by atoms with van der Waals surface area (Å²) in [7, 11) is 0. The standard InChI is InChI=1S/C19H14O/c1-2-9-16(10-3-1)20-18-13-12-15-7-4-6-14-8-5-11-17(18)19(14)15/h1-13,18H. The fraction of sp³-hybridized carbons (Fsp3) is 0.0526. The van der Waals surface area contributed by atoms with Crippen LogP contribution in [0.3, 0.4) is 0 Å². The van der Waals surface area contributed by atoms with Crippen molar-refractivity contribution in [1.82, 2.24) is 0 Å². The fourth-order valence-electron chi connectivity index (χ4n) is 2.82. The molecule has 0 saturated carbocycles. The second kappa shape index (κ2) is 4.53. The zero-order chi connectivity index (χ0) is 13.4. The summed E-state index contributed by atoms with van der Waals surface area (Å²) in [5.41, 5.74) is 2.51. The van der Waals surface area contributed by atoms with Gasteiger partial charge in [0.05, 0.1) is 0 Å². The minimum Gasteiger partial charge on any atom is -0.482 e. The molecule has 1 aliphatic carbocycles. The summed E-state index contributed by atoms with van der Waals surface area (Å²) in [6.07, 6.45) is 4.27. The monoisotopic (exact) mass is 258 g/mol. The molecule has 0 heterocycles. The van der Waals surface area contributed by atoms with Crippen LogP contribution in [0.2, 0.25) is 0 Å². The smallest absolute Gasteiger partial charge is 0.143 e. The molecule has 96 valence electrons. The van der Waals surface area contributed by atoms with Gasteiger partial charge < -0.3 is 4.74 Å². The van der Waals surface area contributed by atoms with Gasteiger partial charge >= 0.3 is 0 Å². The summed E-state index contributed by atoms with van der Waals surface area (Å²) >= 11 is 0. The molecule has 1 heteroatoms. The molecule has 0 bridgehead atoms. The zero-order valence-corrected chi connectivity index (χ0v) is 11.0. The first kappa shape index (κ1) is 11.3. The lowest BCUT2D eigenvalue weighted by Crippen LogP contribution is -2.08. The molecule has 1 atom stereocenters. The fourth-order valence-corrected chi connectivity index (χ4v) is 2.82. The van der Waals surface area contributed by atoms with Gasteiger partial charge in [0.2, 0.25) is 0 Å². The van der Waals surface area contributed by atoms with E-state index in [0.29, 0.717) is 0 Å². The Morgan fingerprint density at radius 1 is 0.750 bits per heavy atom. The SMILES string of the molecule is C1=CC(Oc2ccccc2)c2cccc3cccc1c23. The van der Waals surface area contributed by atoms with Crippen molar-refractivity contribution in [2.75, 3.05) is 0 Å². The molecule has 0 saturated heterocycles. The van der Waals surface area contributed by atoms with Crippen LogP contribution in [-0.2, 0) is 0 Å². The van der Waals surface area contributed by atoms with Crippen LogP contribution in [0.4, 0.5) is 0 Å². The van der Waals surface area contributed by atoms with E-state index in [1.807, 2.05) is 30.3 Å². The Kier molecular flexibility index (Phi) is 2.56. The van der Waals surface area contributed by atoms with E-state index in [1.165, 1.54) is 21.9 Å². The van der Waals surface area contributed by atoms with E-state index in [9.17, 15) is 0 Å². The Bertz CT molecular complexity index is 782. The van der Waals surface area contributed by atoms with Gasteiger partial charge in [-0.25, -0.2) is 0 Å². The summed E-state index contributed by atoms with van der Waals surface area (Å²) in [5.74, 6) is 0.901. The van der Waals surface area contributed by atoms with E-state index in [0.717, 1.165) is 5.75 Å². The van der Waals surface area contributed by atoms with Gasteiger partial charge in [0.25, 0.3) is 0 Å². The number of ether oxygens (including phenoxy) is 1. The Morgan fingerprint density at radius 3 is 2.40 bits per heavy atom. The lowest BCUT2D eigenvalue weighted by Gasteiger charge is -2.22. The summed E-state index contributed by atoms with van der Waals surface area (Å²) in [6, 6.07) is 22.8. The lowest BCUT2D eigenvalue weighted by molar-refractivity contribution is 0.257. The second-order valence-corrected chi connectivity index (χ2v) is 5.00. The van der Waals surface area contributed by atoms with Crippen LogP contribution >= 0.6 is 0 Å². The van der Waals surface area contributed by atoms with Crippen LogP contribution < -0.4 is 4.74 Å². The number of benzene rings is 3. The van der Waals surface area contributed by atoms with Gasteiger partial charge in [-0.15, -0.1) is 0 Å². The summed E-state index contributed by atoms with van der Waals surface area (Å²) in [6.45, 7) is 0. The van der Waals surface area contributed by atoms with Crippen LogP contribution in [0, 0.1) is 0 Å². The maximum Gasteiger partial charge on any atom is 0.143 e. The molecule has 0 N–H and O–H groups in total. The highest BCUT2D eigenvalue weighted by molar-refractivity contribution is 5.95. The molecule has 0 aliphatic heterocycles. The molecule has 4 rings (SSSR count). The van der Waals surface area contributed by atoms with E-state index in [2.05, 4.69) is 48.6 Å². The van der Waals surface area contributed by atoms with Gasteiger partial charge in [-0.2, -0.15) is 0 Å². The van der Waals surface area contributed by atoms with E-state index in [-0.39, 0.29) is 6.10 Å². The Morgan fingerprint density at radius 2 is 1.55 bits per heavy atom. The molecule has 3 aromatic carbocycles. The second-order valence-electron chi connectivity index (χ2n) is 5.00. The average molecular weight is 258 g/mol. The molecule has 20 heavy (non-hydrogen) atoms. The number of hydrogen-bond acceptors (Lipinski definition) is 1.